The first-order chi connectivity index (χ1) is 7.99. The van der Waals surface area contributed by atoms with Crippen molar-refractivity contribution in [2.45, 2.75) is 38.1 Å². The topological polar surface area (TPSA) is 52.0 Å². The lowest BCUT2D eigenvalue weighted by molar-refractivity contribution is 0.483. The monoisotopic (exact) mass is 234 g/mol. The third-order valence-electron chi connectivity index (χ3n) is 3.32. The predicted octanol–water partition coefficient (Wildman–Crippen LogP) is 3.04. The Hall–Kier alpha value is -1.42. The van der Waals surface area contributed by atoms with Crippen LogP contribution >= 0.6 is 0 Å². The van der Waals surface area contributed by atoms with Crippen LogP contribution in [0.2, 0.25) is 0 Å². The molecule has 0 radical (unpaired) electrons. The minimum atomic E-state index is -0.367. The van der Waals surface area contributed by atoms with Gasteiger partial charge in [0.05, 0.1) is 0 Å². The van der Waals surface area contributed by atoms with E-state index in [0.717, 1.165) is 18.4 Å². The summed E-state index contributed by atoms with van der Waals surface area (Å²) >= 11 is 0. The van der Waals surface area contributed by atoms with E-state index < -0.39 is 0 Å². The summed E-state index contributed by atoms with van der Waals surface area (Å²) in [6, 6.07) is 3.32. The first-order valence-corrected chi connectivity index (χ1v) is 5.89. The van der Waals surface area contributed by atoms with Crippen LogP contribution in [0.5, 0.6) is 0 Å². The Balaban J connectivity index is 2.18. The lowest BCUT2D eigenvalue weighted by atomic mass is 10.1. The summed E-state index contributed by atoms with van der Waals surface area (Å²) in [5.41, 5.74) is 7.36. The number of aromatic nitrogens is 1. The summed E-state index contributed by atoms with van der Waals surface area (Å²) < 4.78 is 19.3. The van der Waals surface area contributed by atoms with E-state index in [2.05, 4.69) is 4.98 Å². The molecule has 1 heterocycles. The van der Waals surface area contributed by atoms with Gasteiger partial charge in [0.2, 0.25) is 0 Å². The van der Waals surface area contributed by atoms with Crippen LogP contribution in [-0.2, 0) is 5.54 Å². The molecule has 1 aliphatic rings. The minimum absolute atomic E-state index is 0.151. The molecule has 0 spiro atoms. The molecule has 0 atom stereocenters. The number of fused-ring (bicyclic) bond motifs is 1. The first-order valence-electron chi connectivity index (χ1n) is 5.89. The van der Waals surface area contributed by atoms with Crippen molar-refractivity contribution in [3.8, 4) is 0 Å². The fourth-order valence-corrected chi connectivity index (χ4v) is 1.97. The molecule has 2 aromatic rings. The van der Waals surface area contributed by atoms with Gasteiger partial charge in [-0.3, -0.25) is 0 Å². The zero-order valence-electron chi connectivity index (χ0n) is 9.96. The maximum atomic E-state index is 13.9. The summed E-state index contributed by atoms with van der Waals surface area (Å²) in [5.74, 6) is 0.351. The Morgan fingerprint density at radius 1 is 1.41 bits per heavy atom. The fraction of sp³-hybridized carbons (Fsp3) is 0.462. The molecule has 4 heteroatoms. The lowest BCUT2D eigenvalue weighted by Gasteiger charge is -2.08. The quantitative estimate of drug-likeness (QED) is 0.868. The van der Waals surface area contributed by atoms with Crippen LogP contribution in [0.4, 0.5) is 4.39 Å². The normalized spacial score (nSPS) is 17.9. The zero-order valence-corrected chi connectivity index (χ0v) is 9.96. The summed E-state index contributed by atoms with van der Waals surface area (Å²) in [6.45, 7) is 3.93. The summed E-state index contributed by atoms with van der Waals surface area (Å²) in [6.07, 6.45) is 1.82. The number of hydrogen-bond donors (Lipinski definition) is 1. The van der Waals surface area contributed by atoms with Crippen LogP contribution < -0.4 is 5.73 Å². The Kier molecular flexibility index (Phi) is 2.08. The smallest absolute Gasteiger partial charge is 0.198 e. The Labute approximate surface area is 98.8 Å². The van der Waals surface area contributed by atoms with Crippen LogP contribution in [-0.4, -0.2) is 4.98 Å². The van der Waals surface area contributed by atoms with Crippen LogP contribution in [0, 0.1) is 5.82 Å². The van der Waals surface area contributed by atoms with Gasteiger partial charge >= 0.3 is 0 Å². The highest BCUT2D eigenvalue weighted by Crippen LogP contribution is 2.43. The van der Waals surface area contributed by atoms with Crippen molar-refractivity contribution in [3.63, 3.8) is 0 Å². The minimum Gasteiger partial charge on any atom is -0.437 e. The molecule has 0 bridgehead atoms. The van der Waals surface area contributed by atoms with Crippen molar-refractivity contribution in [2.24, 2.45) is 5.73 Å². The molecule has 1 saturated carbocycles. The third-order valence-corrected chi connectivity index (χ3v) is 3.32. The van der Waals surface area contributed by atoms with Crippen molar-refractivity contribution in [1.82, 2.24) is 4.98 Å². The second-order valence-electron chi connectivity index (χ2n) is 5.17. The van der Waals surface area contributed by atoms with Crippen molar-refractivity contribution in [2.75, 3.05) is 0 Å². The molecule has 0 aliphatic heterocycles. The van der Waals surface area contributed by atoms with Gasteiger partial charge in [0.1, 0.15) is 5.52 Å². The molecule has 0 saturated heterocycles. The third kappa shape index (κ3) is 1.63. The van der Waals surface area contributed by atoms with Gasteiger partial charge in [0, 0.05) is 11.5 Å². The van der Waals surface area contributed by atoms with E-state index in [1.807, 2.05) is 19.9 Å². The van der Waals surface area contributed by atoms with Gasteiger partial charge in [-0.15, -0.1) is 0 Å². The molecule has 1 fully saturated rings. The number of halogens is 1. The van der Waals surface area contributed by atoms with E-state index in [-0.39, 0.29) is 22.9 Å². The second kappa shape index (κ2) is 3.29. The average Bonchev–Trinajstić information content (AvgIpc) is 2.87. The SMILES string of the molecule is CC(C)c1nc2cc(C3(N)CC3)cc(F)c2o1. The molecule has 1 aliphatic carbocycles. The van der Waals surface area contributed by atoms with E-state index in [4.69, 9.17) is 10.2 Å². The van der Waals surface area contributed by atoms with Crippen molar-refractivity contribution < 1.29 is 8.81 Å². The van der Waals surface area contributed by atoms with E-state index >= 15 is 0 Å². The van der Waals surface area contributed by atoms with Crippen LogP contribution in [0.15, 0.2) is 16.5 Å². The van der Waals surface area contributed by atoms with Gasteiger partial charge in [0.25, 0.3) is 0 Å². The fourth-order valence-electron chi connectivity index (χ4n) is 1.97. The van der Waals surface area contributed by atoms with Gasteiger partial charge in [-0.05, 0) is 30.5 Å². The first kappa shape index (κ1) is 10.7. The lowest BCUT2D eigenvalue weighted by Crippen LogP contribution is -2.18. The number of nitrogens with zero attached hydrogens (tertiary/aromatic N) is 1. The van der Waals surface area contributed by atoms with Gasteiger partial charge in [-0.25, -0.2) is 9.37 Å². The maximum Gasteiger partial charge on any atom is 0.198 e. The number of hydrogen-bond acceptors (Lipinski definition) is 3. The molecule has 3 rings (SSSR count). The molecule has 1 aromatic carbocycles. The zero-order chi connectivity index (χ0) is 12.2. The standard InChI is InChI=1S/C13H15FN2O/c1-7(2)12-16-10-6-8(13(15)3-4-13)5-9(14)11(10)17-12/h5-7H,3-4,15H2,1-2H3. The highest BCUT2D eigenvalue weighted by atomic mass is 19.1. The number of rotatable bonds is 2. The van der Waals surface area contributed by atoms with E-state index in [9.17, 15) is 4.39 Å². The summed E-state index contributed by atoms with van der Waals surface area (Å²) in [5, 5.41) is 0. The highest BCUT2D eigenvalue weighted by molar-refractivity contribution is 5.75. The van der Waals surface area contributed by atoms with Gasteiger partial charge < -0.3 is 10.2 Å². The van der Waals surface area contributed by atoms with Gasteiger partial charge in [0.15, 0.2) is 17.3 Å². The number of oxazole rings is 1. The average molecular weight is 234 g/mol. The molecule has 0 unspecified atom stereocenters. The summed E-state index contributed by atoms with van der Waals surface area (Å²) in [4.78, 5) is 4.31. The Morgan fingerprint density at radius 2 is 2.12 bits per heavy atom. The molecule has 3 nitrogen and oxygen atoms in total. The largest absolute Gasteiger partial charge is 0.437 e. The molecule has 1 aromatic heterocycles. The Morgan fingerprint density at radius 3 is 2.71 bits per heavy atom. The van der Waals surface area contributed by atoms with Crippen molar-refractivity contribution in [1.29, 1.82) is 0 Å². The van der Waals surface area contributed by atoms with Crippen molar-refractivity contribution >= 4 is 11.1 Å². The van der Waals surface area contributed by atoms with Gasteiger partial charge in [-0.2, -0.15) is 0 Å². The second-order valence-corrected chi connectivity index (χ2v) is 5.17. The molecular weight excluding hydrogens is 219 g/mol. The Bertz CT molecular complexity index is 584. The van der Waals surface area contributed by atoms with Crippen molar-refractivity contribution in [3.05, 3.63) is 29.4 Å². The molecule has 0 amide bonds. The predicted molar refractivity (Wildman–Crippen MR) is 63.2 cm³/mol. The molecule has 90 valence electrons. The number of nitrogens with two attached hydrogens (primary N) is 1. The highest BCUT2D eigenvalue weighted by Gasteiger charge is 2.40. The summed E-state index contributed by atoms with van der Waals surface area (Å²) in [7, 11) is 0. The van der Waals surface area contributed by atoms with E-state index in [0.29, 0.717) is 11.4 Å². The maximum absolute atomic E-state index is 13.9. The molecule has 17 heavy (non-hydrogen) atoms. The van der Waals surface area contributed by atoms with Gasteiger partial charge in [-0.1, -0.05) is 13.8 Å². The van der Waals surface area contributed by atoms with E-state index in [1.54, 1.807) is 0 Å². The van der Waals surface area contributed by atoms with Crippen LogP contribution in [0.3, 0.4) is 0 Å². The van der Waals surface area contributed by atoms with Crippen LogP contribution in [0.1, 0.15) is 44.1 Å². The number of benzene rings is 1. The van der Waals surface area contributed by atoms with E-state index in [1.165, 1.54) is 6.07 Å². The van der Waals surface area contributed by atoms with Crippen LogP contribution in [0.25, 0.3) is 11.1 Å². The molecular formula is C13H15FN2O. The molecule has 2 N–H and O–H groups in total.